The highest BCUT2D eigenvalue weighted by Crippen LogP contribution is 2.53. The van der Waals surface area contributed by atoms with Gasteiger partial charge in [0.15, 0.2) is 0 Å². The van der Waals surface area contributed by atoms with E-state index in [4.69, 9.17) is 9.47 Å². The number of hydrogen-bond donors (Lipinski definition) is 1. The van der Waals surface area contributed by atoms with E-state index < -0.39 is 53.6 Å². The highest BCUT2D eigenvalue weighted by molar-refractivity contribution is 5.99. The molecule has 0 radical (unpaired) electrons. The van der Waals surface area contributed by atoms with Crippen molar-refractivity contribution in [3.05, 3.63) is 60.2 Å². The van der Waals surface area contributed by atoms with E-state index in [1.54, 1.807) is 35.1 Å². The van der Waals surface area contributed by atoms with E-state index in [0.717, 1.165) is 18.4 Å². The summed E-state index contributed by atoms with van der Waals surface area (Å²) in [6, 6.07) is 7.75. The summed E-state index contributed by atoms with van der Waals surface area (Å²) >= 11 is 0. The molecule has 226 valence electrons. The summed E-state index contributed by atoms with van der Waals surface area (Å²) < 4.78 is 12.9. The first kappa shape index (κ1) is 30.0. The molecule has 42 heavy (non-hydrogen) atoms. The van der Waals surface area contributed by atoms with Crippen molar-refractivity contribution in [1.29, 1.82) is 0 Å². The fourth-order valence-electron chi connectivity index (χ4n) is 6.83. The number of carbonyl (C=O) groups is 4. The number of amides is 3. The van der Waals surface area contributed by atoms with E-state index in [9.17, 15) is 24.3 Å². The summed E-state index contributed by atoms with van der Waals surface area (Å²) in [5.74, 6) is -3.42. The topological polar surface area (TPSA) is 117 Å². The van der Waals surface area contributed by atoms with Gasteiger partial charge in [-0.2, -0.15) is 0 Å². The number of rotatable bonds is 6. The number of aliphatic hydroxyl groups excluding tert-OH is 1. The van der Waals surface area contributed by atoms with Crippen LogP contribution in [0.1, 0.15) is 51.2 Å². The van der Waals surface area contributed by atoms with Gasteiger partial charge in [0.2, 0.25) is 17.7 Å². The van der Waals surface area contributed by atoms with Crippen molar-refractivity contribution < 1.29 is 33.8 Å². The van der Waals surface area contributed by atoms with Gasteiger partial charge in [0.1, 0.15) is 23.7 Å². The van der Waals surface area contributed by atoms with Crippen LogP contribution in [0.2, 0.25) is 0 Å². The Hall–Kier alpha value is -3.50. The van der Waals surface area contributed by atoms with E-state index in [-0.39, 0.29) is 31.4 Å². The molecule has 2 fully saturated rings. The summed E-state index contributed by atoms with van der Waals surface area (Å²) in [5, 5.41) is 9.88. The Morgan fingerprint density at radius 2 is 1.81 bits per heavy atom. The Balaban J connectivity index is 1.58. The summed E-state index contributed by atoms with van der Waals surface area (Å²) in [6.07, 6.45) is 7.93. The van der Waals surface area contributed by atoms with Crippen molar-refractivity contribution >= 4 is 23.7 Å². The lowest BCUT2D eigenvalue weighted by Gasteiger charge is -2.35. The maximum atomic E-state index is 14.2. The van der Waals surface area contributed by atoms with Crippen LogP contribution in [-0.2, 0) is 28.7 Å². The molecule has 3 amide bonds. The summed E-state index contributed by atoms with van der Waals surface area (Å²) in [5.41, 5.74) is -0.673. The lowest BCUT2D eigenvalue weighted by atomic mass is 9.77. The van der Waals surface area contributed by atoms with Crippen LogP contribution in [0.15, 0.2) is 54.6 Å². The number of benzene rings is 1. The van der Waals surface area contributed by atoms with Crippen LogP contribution in [0.4, 0.5) is 0 Å². The number of hydrogen-bond acceptors (Lipinski definition) is 7. The normalized spacial score (nSPS) is 34.2. The van der Waals surface area contributed by atoms with Crippen LogP contribution >= 0.6 is 0 Å². The van der Waals surface area contributed by atoms with Crippen molar-refractivity contribution in [2.24, 2.45) is 11.8 Å². The molecule has 7 atom stereocenters. The Kier molecular flexibility index (Phi) is 8.84. The zero-order valence-corrected chi connectivity index (χ0v) is 24.6. The molecule has 0 saturated carbocycles. The van der Waals surface area contributed by atoms with Gasteiger partial charge in [-0.05, 0) is 25.3 Å². The number of fused-ring (bicyclic) bond motifs is 2. The Morgan fingerprint density at radius 3 is 2.52 bits per heavy atom. The fourth-order valence-corrected chi connectivity index (χ4v) is 6.83. The molecule has 1 aromatic rings. The maximum absolute atomic E-state index is 14.2. The van der Waals surface area contributed by atoms with E-state index in [1.807, 2.05) is 50.3 Å². The number of unbranched alkanes of at least 4 members (excludes halogenated alkanes) is 1. The highest BCUT2D eigenvalue weighted by atomic mass is 16.6. The SMILES string of the molecule is CCCCN1CC=C[C@@]23O[C@H]4/C=C\CCC(=O)N(C)[C@@H](C)[C@H](c5ccccc5)OC(=O)[C@H]4[C@@H]2C(=O)N(CCO)[C@H]3C1=O. The van der Waals surface area contributed by atoms with Crippen LogP contribution in [0.25, 0.3) is 0 Å². The molecule has 0 aromatic heterocycles. The van der Waals surface area contributed by atoms with Crippen LogP contribution in [0.3, 0.4) is 0 Å². The summed E-state index contributed by atoms with van der Waals surface area (Å²) in [7, 11) is 1.70. The molecule has 0 aliphatic carbocycles. The second kappa shape index (κ2) is 12.4. The summed E-state index contributed by atoms with van der Waals surface area (Å²) in [4.78, 5) is 60.1. The molecule has 1 spiro atoms. The fraction of sp³-hybridized carbons (Fsp3) is 0.562. The average molecular weight is 580 g/mol. The number of likely N-dealkylation sites (N-methyl/N-ethyl adjacent to an activating group) is 1. The van der Waals surface area contributed by atoms with Crippen LogP contribution in [-0.4, -0.2) is 101 Å². The third-order valence-electron chi connectivity index (χ3n) is 9.14. The van der Waals surface area contributed by atoms with Gasteiger partial charge in [-0.1, -0.05) is 68.0 Å². The van der Waals surface area contributed by atoms with Gasteiger partial charge in [-0.15, -0.1) is 0 Å². The Morgan fingerprint density at radius 1 is 1.05 bits per heavy atom. The minimum atomic E-state index is -1.40. The minimum Gasteiger partial charge on any atom is -0.455 e. The second-order valence-electron chi connectivity index (χ2n) is 11.6. The number of ether oxygens (including phenoxy) is 2. The number of allylic oxidation sites excluding steroid dienone is 1. The van der Waals surface area contributed by atoms with Gasteiger partial charge >= 0.3 is 5.97 Å². The largest absolute Gasteiger partial charge is 0.455 e. The molecular weight excluding hydrogens is 538 g/mol. The molecule has 4 aliphatic heterocycles. The lowest BCUT2D eigenvalue weighted by molar-refractivity contribution is -0.164. The van der Waals surface area contributed by atoms with Crippen molar-refractivity contribution in [2.45, 2.75) is 69.4 Å². The van der Waals surface area contributed by atoms with Crippen molar-refractivity contribution in [3.63, 3.8) is 0 Å². The van der Waals surface area contributed by atoms with Crippen LogP contribution in [0.5, 0.6) is 0 Å². The second-order valence-corrected chi connectivity index (χ2v) is 11.6. The molecule has 0 unspecified atom stereocenters. The van der Waals surface area contributed by atoms with E-state index in [2.05, 4.69) is 0 Å². The molecule has 4 heterocycles. The molecule has 2 saturated heterocycles. The molecule has 0 bridgehead atoms. The zero-order valence-electron chi connectivity index (χ0n) is 24.6. The number of β-amino-alcohol motifs (C(OH)–C–C–N with tert-alkyl or cyclic N) is 1. The number of carbonyl (C=O) groups excluding carboxylic acids is 4. The zero-order chi connectivity index (χ0) is 30.0. The summed E-state index contributed by atoms with van der Waals surface area (Å²) in [6.45, 7) is 4.41. The number of likely N-dealkylation sites (tertiary alicyclic amines) is 1. The lowest BCUT2D eigenvalue weighted by Crippen LogP contribution is -2.55. The first-order chi connectivity index (χ1) is 20.2. The van der Waals surface area contributed by atoms with Crippen molar-refractivity contribution in [3.8, 4) is 0 Å². The van der Waals surface area contributed by atoms with Gasteiger partial charge < -0.3 is 29.3 Å². The first-order valence-corrected chi connectivity index (χ1v) is 15.0. The maximum Gasteiger partial charge on any atom is 0.313 e. The van der Waals surface area contributed by atoms with Crippen LogP contribution < -0.4 is 0 Å². The molecule has 5 rings (SSSR count). The number of cyclic esters (lactones) is 1. The van der Waals surface area contributed by atoms with Gasteiger partial charge in [0.25, 0.3) is 0 Å². The molecule has 1 aromatic carbocycles. The molecular formula is C32H41N3O7. The molecule has 1 N–H and O–H groups in total. The number of esters is 1. The predicted octanol–water partition coefficient (Wildman–Crippen LogP) is 2.24. The molecule has 10 nitrogen and oxygen atoms in total. The standard InChI is InChI=1S/C32H41N3O7/c1-4-5-17-34-18-11-16-32-26(29(38)35(19-20-36)28(32)30(34)39)25-23(42-32)14-9-10-15-24(37)33(3)21(2)27(41-31(25)40)22-12-7-6-8-13-22/h6-9,11-14,16,21,23,25-28,36H,4-5,10,15,17-20H2,1-3H3/b14-9-/t21-,23-,25+,26+,27+,28-,32+/m0/s1. The minimum absolute atomic E-state index is 0.0504. The van der Waals surface area contributed by atoms with E-state index >= 15 is 0 Å². The third kappa shape index (κ3) is 5.15. The van der Waals surface area contributed by atoms with E-state index in [1.165, 1.54) is 4.90 Å². The third-order valence-corrected chi connectivity index (χ3v) is 9.14. The Bertz CT molecular complexity index is 1250. The van der Waals surface area contributed by atoms with Gasteiger partial charge in [-0.25, -0.2) is 0 Å². The predicted molar refractivity (Wildman–Crippen MR) is 154 cm³/mol. The average Bonchev–Trinajstić information content (AvgIpc) is 3.37. The Labute approximate surface area is 246 Å². The van der Waals surface area contributed by atoms with Gasteiger partial charge in [0, 0.05) is 33.1 Å². The number of aliphatic hydroxyl groups is 1. The quantitative estimate of drug-likeness (QED) is 0.406. The number of nitrogens with zero attached hydrogens (tertiary/aromatic N) is 3. The van der Waals surface area contributed by atoms with Crippen molar-refractivity contribution in [2.75, 3.05) is 33.3 Å². The first-order valence-electron chi connectivity index (χ1n) is 15.0. The van der Waals surface area contributed by atoms with E-state index in [0.29, 0.717) is 19.5 Å². The van der Waals surface area contributed by atoms with Gasteiger partial charge in [-0.3, -0.25) is 19.2 Å². The van der Waals surface area contributed by atoms with Crippen LogP contribution in [0, 0.1) is 11.8 Å². The molecule has 10 heteroatoms. The molecule has 4 aliphatic rings. The van der Waals surface area contributed by atoms with Gasteiger partial charge in [0.05, 0.1) is 24.7 Å². The smallest absolute Gasteiger partial charge is 0.313 e. The van der Waals surface area contributed by atoms with Crippen molar-refractivity contribution in [1.82, 2.24) is 14.7 Å². The highest BCUT2D eigenvalue weighted by Gasteiger charge is 2.71. The monoisotopic (exact) mass is 579 g/mol.